The van der Waals surface area contributed by atoms with Crippen LogP contribution in [0.2, 0.25) is 0 Å². The molecule has 1 aromatic rings. The molecule has 23 heavy (non-hydrogen) atoms. The molecule has 4 unspecified atom stereocenters. The fraction of sp³-hybridized carbons (Fsp3) is 0.700. The Labute approximate surface area is 147 Å². The fourth-order valence-corrected chi connectivity index (χ4v) is 4.33. The zero-order chi connectivity index (χ0) is 17.2. The molecular formula is C20H34N2S. The van der Waals surface area contributed by atoms with Gasteiger partial charge in [0.25, 0.3) is 0 Å². The summed E-state index contributed by atoms with van der Waals surface area (Å²) in [4.78, 5) is 1.40. The van der Waals surface area contributed by atoms with Crippen molar-refractivity contribution in [3.63, 3.8) is 0 Å². The average Bonchev–Trinajstić information content (AvgIpc) is 2.54. The van der Waals surface area contributed by atoms with Gasteiger partial charge in [0.2, 0.25) is 0 Å². The molecule has 2 rings (SSSR count). The zero-order valence-corrected chi connectivity index (χ0v) is 16.7. The minimum atomic E-state index is 0.182. The van der Waals surface area contributed by atoms with Crippen molar-refractivity contribution in [1.29, 1.82) is 0 Å². The summed E-state index contributed by atoms with van der Waals surface area (Å²) in [5.41, 5.74) is 4.31. The van der Waals surface area contributed by atoms with E-state index < -0.39 is 0 Å². The number of anilines is 2. The van der Waals surface area contributed by atoms with E-state index in [1.54, 1.807) is 0 Å². The van der Waals surface area contributed by atoms with Gasteiger partial charge in [0.15, 0.2) is 0 Å². The van der Waals surface area contributed by atoms with Gasteiger partial charge in [-0.2, -0.15) is 0 Å². The highest BCUT2D eigenvalue weighted by atomic mass is 32.2. The molecule has 0 saturated heterocycles. The predicted molar refractivity (Wildman–Crippen MR) is 106 cm³/mol. The highest BCUT2D eigenvalue weighted by Crippen LogP contribution is 2.48. The monoisotopic (exact) mass is 334 g/mol. The fourth-order valence-electron chi connectivity index (χ4n) is 3.50. The minimum Gasteiger partial charge on any atom is -0.383 e. The van der Waals surface area contributed by atoms with Crippen molar-refractivity contribution in [3.05, 3.63) is 17.7 Å². The van der Waals surface area contributed by atoms with Gasteiger partial charge in [-0.05, 0) is 62.0 Å². The number of hydrogen-bond donors (Lipinski definition) is 2. The molecule has 130 valence electrons. The first-order chi connectivity index (χ1) is 10.9. The van der Waals surface area contributed by atoms with Gasteiger partial charge >= 0.3 is 0 Å². The largest absolute Gasteiger partial charge is 0.383 e. The van der Waals surface area contributed by atoms with Gasteiger partial charge in [0.05, 0.1) is 5.69 Å². The lowest BCUT2D eigenvalue weighted by molar-refractivity contribution is 0.283. The highest BCUT2D eigenvalue weighted by Gasteiger charge is 2.39. The molecule has 2 N–H and O–H groups in total. The van der Waals surface area contributed by atoms with E-state index in [4.69, 9.17) is 0 Å². The lowest BCUT2D eigenvalue weighted by Gasteiger charge is -2.46. The summed E-state index contributed by atoms with van der Waals surface area (Å²) < 4.78 is 0. The molecule has 3 heteroatoms. The van der Waals surface area contributed by atoms with Crippen molar-refractivity contribution >= 4 is 23.1 Å². The molecule has 4 atom stereocenters. The van der Waals surface area contributed by atoms with Crippen LogP contribution in [0.25, 0.3) is 0 Å². The quantitative estimate of drug-likeness (QED) is 0.593. The third-order valence-electron chi connectivity index (χ3n) is 5.85. The molecule has 0 bridgehead atoms. The summed E-state index contributed by atoms with van der Waals surface area (Å²) in [5, 5.41) is 7.57. The molecule has 0 aromatic heterocycles. The van der Waals surface area contributed by atoms with Gasteiger partial charge in [-0.15, -0.1) is 11.8 Å². The third-order valence-corrected chi connectivity index (χ3v) is 6.77. The van der Waals surface area contributed by atoms with E-state index in [2.05, 4.69) is 71.2 Å². The van der Waals surface area contributed by atoms with Crippen LogP contribution in [0.4, 0.5) is 11.4 Å². The van der Waals surface area contributed by atoms with Crippen molar-refractivity contribution in [1.82, 2.24) is 0 Å². The van der Waals surface area contributed by atoms with Crippen LogP contribution in [-0.4, -0.2) is 17.3 Å². The van der Waals surface area contributed by atoms with Crippen LogP contribution in [-0.2, 0) is 0 Å². The van der Waals surface area contributed by atoms with E-state index in [9.17, 15) is 0 Å². The molecule has 1 aromatic carbocycles. The number of rotatable bonds is 6. The highest BCUT2D eigenvalue weighted by molar-refractivity contribution is 7.99. The molecule has 0 saturated carbocycles. The maximum Gasteiger partial charge on any atom is 0.0519 e. The summed E-state index contributed by atoms with van der Waals surface area (Å²) in [6.45, 7) is 16.2. The number of nitrogens with one attached hydrogen (secondary N) is 2. The van der Waals surface area contributed by atoms with Crippen LogP contribution in [0.1, 0.15) is 72.8 Å². The van der Waals surface area contributed by atoms with Crippen LogP contribution in [0.5, 0.6) is 0 Å². The smallest absolute Gasteiger partial charge is 0.0519 e. The summed E-state index contributed by atoms with van der Waals surface area (Å²) in [6.07, 6.45) is 2.30. The molecule has 0 radical (unpaired) electrons. The Morgan fingerprint density at radius 2 is 1.96 bits per heavy atom. The number of benzene rings is 1. The first kappa shape index (κ1) is 18.5. The minimum absolute atomic E-state index is 0.182. The second-order valence-corrected chi connectivity index (χ2v) is 8.60. The Hall–Kier alpha value is -0.830. The van der Waals surface area contributed by atoms with Crippen molar-refractivity contribution in [2.75, 3.05) is 16.4 Å². The Morgan fingerprint density at radius 3 is 2.52 bits per heavy atom. The van der Waals surface area contributed by atoms with Crippen LogP contribution >= 0.6 is 11.8 Å². The molecule has 1 aliphatic heterocycles. The second kappa shape index (κ2) is 7.38. The third kappa shape index (κ3) is 3.65. The van der Waals surface area contributed by atoms with Crippen LogP contribution in [0.15, 0.2) is 17.0 Å². The summed E-state index contributed by atoms with van der Waals surface area (Å²) in [6, 6.07) is 5.23. The maximum atomic E-state index is 3.90. The summed E-state index contributed by atoms with van der Waals surface area (Å²) in [7, 11) is 0. The van der Waals surface area contributed by atoms with Crippen molar-refractivity contribution < 1.29 is 0 Å². The normalized spacial score (nSPS) is 28.0. The van der Waals surface area contributed by atoms with Crippen molar-refractivity contribution in [3.8, 4) is 0 Å². The number of fused-ring (bicyclic) bond motifs is 1. The van der Waals surface area contributed by atoms with Crippen LogP contribution < -0.4 is 10.6 Å². The maximum absolute atomic E-state index is 3.90. The van der Waals surface area contributed by atoms with Gasteiger partial charge in [-0.3, -0.25) is 0 Å². The molecule has 0 spiro atoms. The summed E-state index contributed by atoms with van der Waals surface area (Å²) >= 11 is 1.95. The van der Waals surface area contributed by atoms with E-state index >= 15 is 0 Å². The van der Waals surface area contributed by atoms with Crippen molar-refractivity contribution in [2.24, 2.45) is 5.92 Å². The molecule has 0 aliphatic carbocycles. The van der Waals surface area contributed by atoms with E-state index in [-0.39, 0.29) is 5.54 Å². The Kier molecular flexibility index (Phi) is 5.94. The molecule has 2 nitrogen and oxygen atoms in total. The predicted octanol–water partition coefficient (Wildman–Crippen LogP) is 6.34. The first-order valence-corrected chi connectivity index (χ1v) is 10.2. The Balaban J connectivity index is 2.49. The lowest BCUT2D eigenvalue weighted by atomic mass is 9.71. The van der Waals surface area contributed by atoms with Crippen LogP contribution in [0.3, 0.4) is 0 Å². The van der Waals surface area contributed by atoms with E-state index in [1.165, 1.54) is 21.8 Å². The Morgan fingerprint density at radius 1 is 1.26 bits per heavy atom. The van der Waals surface area contributed by atoms with Crippen LogP contribution in [0, 0.1) is 5.92 Å². The summed E-state index contributed by atoms with van der Waals surface area (Å²) in [5.74, 6) is 2.30. The molecule has 0 fully saturated rings. The van der Waals surface area contributed by atoms with Gasteiger partial charge < -0.3 is 10.6 Å². The SMILES string of the molecule is CCSc1cc(NC(C)CC)cc2c1NC(C)(CC)C(C)C2C. The number of hydrogen-bond acceptors (Lipinski definition) is 3. The van der Waals surface area contributed by atoms with E-state index in [0.29, 0.717) is 17.9 Å². The molecule has 0 amide bonds. The average molecular weight is 335 g/mol. The molecule has 1 heterocycles. The zero-order valence-electron chi connectivity index (χ0n) is 15.9. The Bertz CT molecular complexity index is 543. The van der Waals surface area contributed by atoms with E-state index in [0.717, 1.165) is 18.6 Å². The van der Waals surface area contributed by atoms with Gasteiger partial charge in [0, 0.05) is 22.2 Å². The standard InChI is InChI=1S/C20H34N2S/c1-8-13(4)21-16-11-17-14(5)15(6)20(7,9-2)22-19(17)18(12-16)23-10-3/h11-15,21-22H,8-10H2,1-7H3. The first-order valence-electron chi connectivity index (χ1n) is 9.21. The second-order valence-electron chi connectivity index (χ2n) is 7.30. The topological polar surface area (TPSA) is 24.1 Å². The van der Waals surface area contributed by atoms with Crippen molar-refractivity contribution in [2.45, 2.75) is 83.7 Å². The molecule has 1 aliphatic rings. The lowest BCUT2D eigenvalue weighted by Crippen LogP contribution is -2.46. The van der Waals surface area contributed by atoms with Gasteiger partial charge in [-0.25, -0.2) is 0 Å². The van der Waals surface area contributed by atoms with Gasteiger partial charge in [-0.1, -0.05) is 34.6 Å². The number of thioether (sulfide) groups is 1. The van der Waals surface area contributed by atoms with E-state index in [1.807, 2.05) is 11.8 Å². The molecular weight excluding hydrogens is 300 g/mol. The van der Waals surface area contributed by atoms with Gasteiger partial charge in [0.1, 0.15) is 0 Å².